The van der Waals surface area contributed by atoms with Gasteiger partial charge in [0.15, 0.2) is 11.5 Å². The Morgan fingerprint density at radius 3 is 2.00 bits per heavy atom. The Bertz CT molecular complexity index is 513. The van der Waals surface area contributed by atoms with Crippen LogP contribution in [0.4, 0.5) is 0 Å². The quantitative estimate of drug-likeness (QED) is 0.257. The summed E-state index contributed by atoms with van der Waals surface area (Å²) in [7, 11) is 3.23. The van der Waals surface area contributed by atoms with Gasteiger partial charge in [-0.15, -0.1) is 0 Å². The molecule has 0 saturated carbocycles. The summed E-state index contributed by atoms with van der Waals surface area (Å²) in [6, 6.07) is 5.73. The van der Waals surface area contributed by atoms with Crippen LogP contribution in [0, 0.1) is 0 Å². The maximum Gasteiger partial charge on any atom is 0.306 e. The summed E-state index contributed by atoms with van der Waals surface area (Å²) in [5.41, 5.74) is 1.04. The average molecular weight is 379 g/mol. The Morgan fingerprint density at radius 2 is 1.41 bits per heavy atom. The van der Waals surface area contributed by atoms with E-state index < -0.39 is 0 Å². The largest absolute Gasteiger partial charge is 0.493 e. The first-order valence-corrected chi connectivity index (χ1v) is 10.6. The van der Waals surface area contributed by atoms with Crippen LogP contribution in [-0.4, -0.2) is 26.8 Å². The molecule has 27 heavy (non-hydrogen) atoms. The molecule has 0 bridgehead atoms. The molecule has 154 valence electrons. The molecule has 0 aliphatic rings. The van der Waals surface area contributed by atoms with E-state index in [9.17, 15) is 4.79 Å². The second-order valence-corrected chi connectivity index (χ2v) is 7.09. The van der Waals surface area contributed by atoms with E-state index >= 15 is 0 Å². The number of ether oxygens (including phenoxy) is 3. The molecule has 0 unspecified atom stereocenters. The van der Waals surface area contributed by atoms with Crippen molar-refractivity contribution in [1.29, 1.82) is 0 Å². The number of benzene rings is 1. The molecule has 0 aliphatic carbocycles. The average Bonchev–Trinajstić information content (AvgIpc) is 2.70. The van der Waals surface area contributed by atoms with Gasteiger partial charge in [0.25, 0.3) is 0 Å². The SMILES string of the molecule is CCCCCCCCCCCCOC(=O)CCc1ccc(OC)c(OC)c1. The highest BCUT2D eigenvalue weighted by molar-refractivity contribution is 5.69. The van der Waals surface area contributed by atoms with Crippen LogP contribution < -0.4 is 9.47 Å². The number of hydrogen-bond donors (Lipinski definition) is 0. The number of methoxy groups -OCH3 is 2. The molecule has 0 saturated heterocycles. The van der Waals surface area contributed by atoms with E-state index in [0.29, 0.717) is 30.9 Å². The van der Waals surface area contributed by atoms with E-state index in [1.165, 1.54) is 51.4 Å². The van der Waals surface area contributed by atoms with Crippen molar-refractivity contribution in [1.82, 2.24) is 0 Å². The van der Waals surface area contributed by atoms with Crippen LogP contribution in [0.15, 0.2) is 18.2 Å². The summed E-state index contributed by atoms with van der Waals surface area (Å²) in [5, 5.41) is 0. The van der Waals surface area contributed by atoms with Gasteiger partial charge in [-0.1, -0.05) is 70.8 Å². The lowest BCUT2D eigenvalue weighted by molar-refractivity contribution is -0.143. The first-order valence-electron chi connectivity index (χ1n) is 10.6. The third-order valence-electron chi connectivity index (χ3n) is 4.83. The zero-order valence-corrected chi connectivity index (χ0v) is 17.6. The minimum atomic E-state index is -0.124. The van der Waals surface area contributed by atoms with Gasteiger partial charge in [0.05, 0.1) is 20.8 Å². The summed E-state index contributed by atoms with van der Waals surface area (Å²) in [6.45, 7) is 2.80. The molecule has 4 nitrogen and oxygen atoms in total. The van der Waals surface area contributed by atoms with Gasteiger partial charge in [-0.25, -0.2) is 0 Å². The van der Waals surface area contributed by atoms with Gasteiger partial charge in [-0.2, -0.15) is 0 Å². The van der Waals surface area contributed by atoms with Crippen molar-refractivity contribution in [3.63, 3.8) is 0 Å². The standard InChI is InChI=1S/C23H38O4/c1-4-5-6-7-8-9-10-11-12-13-18-27-23(24)17-15-20-14-16-21(25-2)22(19-20)26-3/h14,16,19H,4-13,15,17-18H2,1-3H3. The maximum absolute atomic E-state index is 11.9. The Kier molecular flexibility index (Phi) is 13.3. The molecule has 1 aromatic carbocycles. The Hall–Kier alpha value is -1.71. The smallest absolute Gasteiger partial charge is 0.306 e. The normalized spacial score (nSPS) is 10.6. The molecular weight excluding hydrogens is 340 g/mol. The van der Waals surface area contributed by atoms with Gasteiger partial charge in [-0.05, 0) is 30.5 Å². The summed E-state index contributed by atoms with van der Waals surface area (Å²) in [4.78, 5) is 11.9. The molecule has 0 aliphatic heterocycles. The van der Waals surface area contributed by atoms with Gasteiger partial charge in [0.1, 0.15) is 0 Å². The Labute approximate surface area is 165 Å². The first kappa shape index (κ1) is 23.3. The molecule has 1 aromatic rings. The third kappa shape index (κ3) is 10.9. The van der Waals surface area contributed by atoms with E-state index in [2.05, 4.69) is 6.92 Å². The van der Waals surface area contributed by atoms with Crippen molar-refractivity contribution < 1.29 is 19.0 Å². The summed E-state index contributed by atoms with van der Waals surface area (Å²) >= 11 is 0. The fraction of sp³-hybridized carbons (Fsp3) is 0.696. The molecule has 0 N–H and O–H groups in total. The molecule has 0 amide bonds. The zero-order chi connectivity index (χ0) is 19.7. The molecule has 0 fully saturated rings. The molecule has 0 atom stereocenters. The van der Waals surface area contributed by atoms with Crippen LogP contribution in [-0.2, 0) is 16.0 Å². The van der Waals surface area contributed by atoms with E-state index in [-0.39, 0.29) is 5.97 Å². The van der Waals surface area contributed by atoms with Crippen LogP contribution >= 0.6 is 0 Å². The number of hydrogen-bond acceptors (Lipinski definition) is 4. The van der Waals surface area contributed by atoms with E-state index in [4.69, 9.17) is 14.2 Å². The first-order chi connectivity index (χ1) is 13.2. The summed E-state index contributed by atoms with van der Waals surface area (Å²) in [6.07, 6.45) is 13.9. The number of carbonyl (C=O) groups is 1. The lowest BCUT2D eigenvalue weighted by Crippen LogP contribution is -2.07. The van der Waals surface area contributed by atoms with Gasteiger partial charge >= 0.3 is 5.97 Å². The third-order valence-corrected chi connectivity index (χ3v) is 4.83. The minimum Gasteiger partial charge on any atom is -0.493 e. The van der Waals surface area contributed by atoms with Gasteiger partial charge in [0, 0.05) is 6.42 Å². The predicted molar refractivity (Wildman–Crippen MR) is 111 cm³/mol. The fourth-order valence-electron chi connectivity index (χ4n) is 3.13. The van der Waals surface area contributed by atoms with Crippen molar-refractivity contribution in [3.8, 4) is 11.5 Å². The maximum atomic E-state index is 11.9. The van der Waals surface area contributed by atoms with E-state index in [1.807, 2.05) is 18.2 Å². The van der Waals surface area contributed by atoms with Crippen LogP contribution in [0.5, 0.6) is 11.5 Å². The zero-order valence-electron chi connectivity index (χ0n) is 17.6. The monoisotopic (exact) mass is 378 g/mol. The Balaban J connectivity index is 2.03. The van der Waals surface area contributed by atoms with Crippen molar-refractivity contribution in [3.05, 3.63) is 23.8 Å². The highest BCUT2D eigenvalue weighted by atomic mass is 16.5. The molecule has 4 heteroatoms. The number of unbranched alkanes of at least 4 members (excludes halogenated alkanes) is 9. The Morgan fingerprint density at radius 1 is 0.815 bits per heavy atom. The van der Waals surface area contributed by atoms with E-state index in [0.717, 1.165) is 18.4 Å². The second kappa shape index (κ2) is 15.4. The van der Waals surface area contributed by atoms with Crippen LogP contribution in [0.1, 0.15) is 83.1 Å². The lowest BCUT2D eigenvalue weighted by atomic mass is 10.1. The minimum absolute atomic E-state index is 0.124. The predicted octanol–water partition coefficient (Wildman–Crippen LogP) is 6.10. The summed E-state index contributed by atoms with van der Waals surface area (Å²) < 4.78 is 15.9. The topological polar surface area (TPSA) is 44.8 Å². The fourth-order valence-corrected chi connectivity index (χ4v) is 3.13. The van der Waals surface area contributed by atoms with Crippen molar-refractivity contribution in [2.75, 3.05) is 20.8 Å². The lowest BCUT2D eigenvalue weighted by Gasteiger charge is -2.09. The van der Waals surface area contributed by atoms with Crippen LogP contribution in [0.3, 0.4) is 0 Å². The number of rotatable bonds is 16. The van der Waals surface area contributed by atoms with Crippen molar-refractivity contribution in [2.24, 2.45) is 0 Å². The van der Waals surface area contributed by atoms with Crippen molar-refractivity contribution >= 4 is 5.97 Å². The molecule has 1 rings (SSSR count). The molecular formula is C23H38O4. The molecule has 0 radical (unpaired) electrons. The van der Waals surface area contributed by atoms with Crippen molar-refractivity contribution in [2.45, 2.75) is 84.0 Å². The van der Waals surface area contributed by atoms with Crippen LogP contribution in [0.2, 0.25) is 0 Å². The van der Waals surface area contributed by atoms with Gasteiger partial charge in [-0.3, -0.25) is 4.79 Å². The molecule has 0 aromatic heterocycles. The van der Waals surface area contributed by atoms with Crippen LogP contribution in [0.25, 0.3) is 0 Å². The number of esters is 1. The number of aryl methyl sites for hydroxylation is 1. The molecule has 0 spiro atoms. The number of carbonyl (C=O) groups excluding carboxylic acids is 1. The van der Waals surface area contributed by atoms with Gasteiger partial charge < -0.3 is 14.2 Å². The highest BCUT2D eigenvalue weighted by Crippen LogP contribution is 2.28. The van der Waals surface area contributed by atoms with E-state index in [1.54, 1.807) is 14.2 Å². The highest BCUT2D eigenvalue weighted by Gasteiger charge is 2.07. The second-order valence-electron chi connectivity index (χ2n) is 7.09. The van der Waals surface area contributed by atoms with Gasteiger partial charge in [0.2, 0.25) is 0 Å². The molecule has 0 heterocycles. The summed E-state index contributed by atoms with van der Waals surface area (Å²) in [5.74, 6) is 1.26.